The molecule has 0 amide bonds. The molecule has 1 fully saturated rings. The molecule has 3 rings (SSSR count). The number of imidazole rings is 1. The first-order chi connectivity index (χ1) is 9.55. The number of nitrogens with one attached hydrogen (secondary N) is 1. The number of aryl methyl sites for hydroxylation is 3. The quantitative estimate of drug-likeness (QED) is 0.894. The predicted molar refractivity (Wildman–Crippen MR) is 79.4 cm³/mol. The molecule has 0 saturated heterocycles. The Kier molecular flexibility index (Phi) is 2.90. The first-order valence-electron chi connectivity index (χ1n) is 7.11. The van der Waals surface area contributed by atoms with E-state index in [2.05, 4.69) is 48.9 Å². The largest absolute Gasteiger partial charge is 0.341 e. The third-order valence-electron chi connectivity index (χ3n) is 4.40. The Morgan fingerprint density at radius 1 is 1.20 bits per heavy atom. The molecule has 1 aromatic carbocycles. The summed E-state index contributed by atoms with van der Waals surface area (Å²) in [5.74, 6) is 0.834. The monoisotopic (exact) mass is 265 g/mol. The van der Waals surface area contributed by atoms with Gasteiger partial charge in [0.2, 0.25) is 0 Å². The zero-order valence-corrected chi connectivity index (χ0v) is 12.2. The van der Waals surface area contributed by atoms with Gasteiger partial charge >= 0.3 is 0 Å². The van der Waals surface area contributed by atoms with Crippen LogP contribution in [0, 0.1) is 32.1 Å². The Bertz CT molecular complexity index is 676. The molecule has 2 aromatic rings. The SMILES string of the molecule is Cc1cc(C)c(-c2cnc(C3(C#N)CCC3)[nH]2)c(C)c1. The van der Waals surface area contributed by atoms with Gasteiger partial charge in [-0.25, -0.2) is 4.98 Å². The number of rotatable bonds is 2. The van der Waals surface area contributed by atoms with E-state index >= 15 is 0 Å². The molecule has 0 radical (unpaired) electrons. The number of nitriles is 1. The van der Waals surface area contributed by atoms with Crippen molar-refractivity contribution < 1.29 is 0 Å². The summed E-state index contributed by atoms with van der Waals surface area (Å²) in [6, 6.07) is 6.81. The van der Waals surface area contributed by atoms with Gasteiger partial charge in [0.15, 0.2) is 0 Å². The van der Waals surface area contributed by atoms with Crippen molar-refractivity contribution in [2.24, 2.45) is 0 Å². The highest BCUT2D eigenvalue weighted by molar-refractivity contribution is 5.68. The lowest BCUT2D eigenvalue weighted by Crippen LogP contribution is -2.33. The number of hydrogen-bond donors (Lipinski definition) is 1. The summed E-state index contributed by atoms with van der Waals surface area (Å²) in [7, 11) is 0. The molecule has 1 aromatic heterocycles. The maximum atomic E-state index is 9.41. The molecule has 0 aliphatic heterocycles. The van der Waals surface area contributed by atoms with Crippen molar-refractivity contribution in [3.05, 3.63) is 40.8 Å². The Morgan fingerprint density at radius 3 is 2.35 bits per heavy atom. The summed E-state index contributed by atoms with van der Waals surface area (Å²) in [6.45, 7) is 6.36. The second-order valence-corrected chi connectivity index (χ2v) is 5.97. The third kappa shape index (κ3) is 1.84. The van der Waals surface area contributed by atoms with Crippen LogP contribution in [-0.2, 0) is 5.41 Å². The minimum absolute atomic E-state index is 0.370. The lowest BCUT2D eigenvalue weighted by atomic mass is 9.69. The van der Waals surface area contributed by atoms with Crippen molar-refractivity contribution in [3.8, 4) is 17.3 Å². The average Bonchev–Trinajstić information content (AvgIpc) is 2.76. The van der Waals surface area contributed by atoms with E-state index in [1.165, 1.54) is 22.3 Å². The van der Waals surface area contributed by atoms with E-state index in [1.54, 1.807) is 0 Å². The molecule has 1 aliphatic carbocycles. The number of nitrogens with zero attached hydrogens (tertiary/aromatic N) is 2. The minimum Gasteiger partial charge on any atom is -0.341 e. The van der Waals surface area contributed by atoms with Gasteiger partial charge in [-0.1, -0.05) is 17.7 Å². The van der Waals surface area contributed by atoms with Gasteiger partial charge in [0, 0.05) is 5.56 Å². The van der Waals surface area contributed by atoms with Gasteiger partial charge in [-0.3, -0.25) is 0 Å². The van der Waals surface area contributed by atoms with E-state index in [0.717, 1.165) is 30.8 Å². The molecule has 1 aliphatic rings. The van der Waals surface area contributed by atoms with Gasteiger partial charge in [0.1, 0.15) is 11.2 Å². The molecule has 0 atom stereocenters. The van der Waals surface area contributed by atoms with Gasteiger partial charge in [0.25, 0.3) is 0 Å². The van der Waals surface area contributed by atoms with Gasteiger partial charge < -0.3 is 4.98 Å². The first-order valence-corrected chi connectivity index (χ1v) is 7.11. The van der Waals surface area contributed by atoms with Crippen LogP contribution < -0.4 is 0 Å². The van der Waals surface area contributed by atoms with Crippen LogP contribution in [0.1, 0.15) is 41.8 Å². The van der Waals surface area contributed by atoms with E-state index in [-0.39, 0.29) is 5.41 Å². The first kappa shape index (κ1) is 12.9. The number of aromatic amines is 1. The second-order valence-electron chi connectivity index (χ2n) is 5.97. The maximum Gasteiger partial charge on any atom is 0.127 e. The molecule has 1 heterocycles. The predicted octanol–water partition coefficient (Wildman–Crippen LogP) is 3.95. The molecule has 3 heteroatoms. The maximum absolute atomic E-state index is 9.41. The topological polar surface area (TPSA) is 52.5 Å². The fourth-order valence-electron chi connectivity index (χ4n) is 3.23. The lowest BCUT2D eigenvalue weighted by Gasteiger charge is -2.32. The summed E-state index contributed by atoms with van der Waals surface area (Å²) in [5, 5.41) is 9.41. The summed E-state index contributed by atoms with van der Waals surface area (Å²) in [6.07, 6.45) is 4.83. The average molecular weight is 265 g/mol. The fourth-order valence-corrected chi connectivity index (χ4v) is 3.23. The third-order valence-corrected chi connectivity index (χ3v) is 4.40. The van der Waals surface area contributed by atoms with Crippen LogP contribution in [0.2, 0.25) is 0 Å². The molecule has 0 bridgehead atoms. The molecule has 0 spiro atoms. The molecular formula is C17H19N3. The highest BCUT2D eigenvalue weighted by Crippen LogP contribution is 2.42. The Balaban J connectivity index is 2.06. The van der Waals surface area contributed by atoms with Crippen LogP contribution in [0.3, 0.4) is 0 Å². The fraction of sp³-hybridized carbons (Fsp3) is 0.412. The zero-order chi connectivity index (χ0) is 14.3. The smallest absolute Gasteiger partial charge is 0.127 e. The minimum atomic E-state index is -0.370. The summed E-state index contributed by atoms with van der Waals surface area (Å²) < 4.78 is 0. The van der Waals surface area contributed by atoms with Gasteiger partial charge in [0.05, 0.1) is 18.0 Å². The molecule has 1 N–H and O–H groups in total. The molecular weight excluding hydrogens is 246 g/mol. The van der Waals surface area contributed by atoms with E-state index in [4.69, 9.17) is 0 Å². The van der Waals surface area contributed by atoms with Crippen LogP contribution in [0.25, 0.3) is 11.3 Å². The number of hydrogen-bond acceptors (Lipinski definition) is 2. The van der Waals surface area contributed by atoms with Crippen LogP contribution in [-0.4, -0.2) is 9.97 Å². The summed E-state index contributed by atoms with van der Waals surface area (Å²) >= 11 is 0. The van der Waals surface area contributed by atoms with E-state index in [1.807, 2.05) is 6.20 Å². The Morgan fingerprint density at radius 2 is 1.85 bits per heavy atom. The van der Waals surface area contributed by atoms with Crippen LogP contribution in [0.4, 0.5) is 0 Å². The van der Waals surface area contributed by atoms with Crippen LogP contribution >= 0.6 is 0 Å². The van der Waals surface area contributed by atoms with Crippen LogP contribution in [0.5, 0.6) is 0 Å². The molecule has 1 saturated carbocycles. The Hall–Kier alpha value is -2.08. The van der Waals surface area contributed by atoms with E-state index in [9.17, 15) is 5.26 Å². The van der Waals surface area contributed by atoms with Crippen LogP contribution in [0.15, 0.2) is 18.3 Å². The van der Waals surface area contributed by atoms with Gasteiger partial charge in [-0.2, -0.15) is 5.26 Å². The molecule has 3 nitrogen and oxygen atoms in total. The van der Waals surface area contributed by atoms with Gasteiger partial charge in [-0.15, -0.1) is 0 Å². The van der Waals surface area contributed by atoms with Crippen molar-refractivity contribution in [1.29, 1.82) is 5.26 Å². The standard InChI is InChI=1S/C17H19N3/c1-11-7-12(2)15(13(3)8-11)14-9-19-16(20-14)17(10-18)5-4-6-17/h7-9H,4-6H2,1-3H3,(H,19,20). The molecule has 20 heavy (non-hydrogen) atoms. The summed E-state index contributed by atoms with van der Waals surface area (Å²) in [4.78, 5) is 7.87. The summed E-state index contributed by atoms with van der Waals surface area (Å²) in [5.41, 5.74) is 5.63. The molecule has 0 unspecified atom stereocenters. The van der Waals surface area contributed by atoms with Crippen molar-refractivity contribution in [3.63, 3.8) is 0 Å². The van der Waals surface area contributed by atoms with Crippen molar-refractivity contribution in [1.82, 2.24) is 9.97 Å². The number of H-pyrrole nitrogens is 1. The van der Waals surface area contributed by atoms with Crippen molar-refractivity contribution >= 4 is 0 Å². The second kappa shape index (κ2) is 4.49. The Labute approximate surface area is 119 Å². The molecule has 102 valence electrons. The van der Waals surface area contributed by atoms with Gasteiger partial charge in [-0.05, 0) is 51.2 Å². The highest BCUT2D eigenvalue weighted by Gasteiger charge is 2.41. The zero-order valence-electron chi connectivity index (χ0n) is 12.2. The van der Waals surface area contributed by atoms with E-state index in [0.29, 0.717) is 0 Å². The van der Waals surface area contributed by atoms with Crippen molar-refractivity contribution in [2.75, 3.05) is 0 Å². The van der Waals surface area contributed by atoms with Crippen molar-refractivity contribution in [2.45, 2.75) is 45.4 Å². The van der Waals surface area contributed by atoms with E-state index < -0.39 is 0 Å². The number of aromatic nitrogens is 2. The lowest BCUT2D eigenvalue weighted by molar-refractivity contribution is 0.309. The number of benzene rings is 1. The highest BCUT2D eigenvalue weighted by atomic mass is 14.9. The normalized spacial score (nSPS) is 16.5.